The van der Waals surface area contributed by atoms with Crippen LogP contribution < -0.4 is 5.32 Å². The summed E-state index contributed by atoms with van der Waals surface area (Å²) in [6.07, 6.45) is -2.42. The molecule has 0 aliphatic heterocycles. The molecule has 0 atom stereocenters. The van der Waals surface area contributed by atoms with Crippen LogP contribution in [0.1, 0.15) is 42.9 Å². The van der Waals surface area contributed by atoms with Crippen LogP contribution in [0, 0.1) is 0 Å². The summed E-state index contributed by atoms with van der Waals surface area (Å²) in [5.41, 5.74) is 3.23. The zero-order valence-electron chi connectivity index (χ0n) is 11.7. The average molecular weight is 275 g/mol. The molecule has 3 heteroatoms. The SMILES string of the molecule is CC(C)c1ccccc1NCc1cccc(C(F)F)c1. The van der Waals surface area contributed by atoms with Crippen LogP contribution in [0.25, 0.3) is 0 Å². The van der Waals surface area contributed by atoms with Crippen molar-refractivity contribution in [1.82, 2.24) is 0 Å². The lowest BCUT2D eigenvalue weighted by molar-refractivity contribution is 0.151. The smallest absolute Gasteiger partial charge is 0.263 e. The van der Waals surface area contributed by atoms with Crippen LogP contribution in [0.4, 0.5) is 14.5 Å². The minimum absolute atomic E-state index is 0.0708. The fraction of sp³-hybridized carbons (Fsp3) is 0.294. The molecule has 0 unspecified atom stereocenters. The normalized spacial score (nSPS) is 11.1. The van der Waals surface area contributed by atoms with E-state index in [-0.39, 0.29) is 5.56 Å². The van der Waals surface area contributed by atoms with Gasteiger partial charge in [0.25, 0.3) is 6.43 Å². The van der Waals surface area contributed by atoms with Crippen LogP contribution in [0.5, 0.6) is 0 Å². The van der Waals surface area contributed by atoms with Gasteiger partial charge in [0.05, 0.1) is 0 Å². The summed E-state index contributed by atoms with van der Waals surface area (Å²) in [4.78, 5) is 0. The van der Waals surface area contributed by atoms with Crippen LogP contribution in [-0.4, -0.2) is 0 Å². The molecule has 0 aliphatic rings. The number of nitrogens with one attached hydrogen (secondary N) is 1. The van der Waals surface area contributed by atoms with E-state index in [0.29, 0.717) is 12.5 Å². The minimum atomic E-state index is -2.42. The van der Waals surface area contributed by atoms with Gasteiger partial charge in [-0.1, -0.05) is 50.2 Å². The second-order valence-electron chi connectivity index (χ2n) is 5.14. The van der Waals surface area contributed by atoms with Gasteiger partial charge in [0.15, 0.2) is 0 Å². The highest BCUT2D eigenvalue weighted by Gasteiger charge is 2.08. The minimum Gasteiger partial charge on any atom is -0.381 e. The molecule has 0 aliphatic carbocycles. The number of hydrogen-bond acceptors (Lipinski definition) is 1. The van der Waals surface area contributed by atoms with Gasteiger partial charge in [0.2, 0.25) is 0 Å². The summed E-state index contributed by atoms with van der Waals surface area (Å²) in [6, 6.07) is 14.6. The van der Waals surface area contributed by atoms with E-state index in [2.05, 4.69) is 25.2 Å². The fourth-order valence-corrected chi connectivity index (χ4v) is 2.20. The maximum atomic E-state index is 12.7. The highest BCUT2D eigenvalue weighted by molar-refractivity contribution is 5.52. The topological polar surface area (TPSA) is 12.0 Å². The molecule has 0 fully saturated rings. The number of anilines is 1. The predicted octanol–water partition coefficient (Wildman–Crippen LogP) is 5.36. The molecule has 106 valence electrons. The molecular weight excluding hydrogens is 256 g/mol. The molecule has 0 aromatic heterocycles. The van der Waals surface area contributed by atoms with Gasteiger partial charge in [0.1, 0.15) is 0 Å². The third kappa shape index (κ3) is 3.56. The summed E-state index contributed by atoms with van der Waals surface area (Å²) < 4.78 is 25.3. The van der Waals surface area contributed by atoms with Crippen LogP contribution >= 0.6 is 0 Å². The van der Waals surface area contributed by atoms with Crippen molar-refractivity contribution in [2.75, 3.05) is 5.32 Å². The molecule has 0 bridgehead atoms. The first-order chi connectivity index (χ1) is 9.58. The Morgan fingerprint density at radius 1 is 1.00 bits per heavy atom. The fourth-order valence-electron chi connectivity index (χ4n) is 2.20. The van der Waals surface area contributed by atoms with Gasteiger partial charge in [0, 0.05) is 17.8 Å². The Morgan fingerprint density at radius 3 is 2.45 bits per heavy atom. The Balaban J connectivity index is 2.11. The number of hydrogen-bond donors (Lipinski definition) is 1. The summed E-state index contributed by atoms with van der Waals surface area (Å²) >= 11 is 0. The van der Waals surface area contributed by atoms with E-state index in [9.17, 15) is 8.78 Å². The van der Waals surface area contributed by atoms with E-state index in [4.69, 9.17) is 0 Å². The van der Waals surface area contributed by atoms with Crippen molar-refractivity contribution in [3.63, 3.8) is 0 Å². The first-order valence-electron chi connectivity index (χ1n) is 6.77. The third-order valence-corrected chi connectivity index (χ3v) is 3.27. The Labute approximate surface area is 118 Å². The number of para-hydroxylation sites is 1. The largest absolute Gasteiger partial charge is 0.381 e. The van der Waals surface area contributed by atoms with E-state index in [1.165, 1.54) is 11.6 Å². The van der Waals surface area contributed by atoms with Gasteiger partial charge >= 0.3 is 0 Å². The molecule has 0 heterocycles. The number of benzene rings is 2. The van der Waals surface area contributed by atoms with Gasteiger partial charge in [-0.2, -0.15) is 0 Å². The third-order valence-electron chi connectivity index (χ3n) is 3.27. The van der Waals surface area contributed by atoms with Crippen molar-refractivity contribution in [2.45, 2.75) is 32.7 Å². The zero-order valence-corrected chi connectivity index (χ0v) is 11.7. The zero-order chi connectivity index (χ0) is 14.5. The summed E-state index contributed by atoms with van der Waals surface area (Å²) in [5.74, 6) is 0.422. The molecule has 2 rings (SSSR count). The molecule has 1 nitrogen and oxygen atoms in total. The Hall–Kier alpha value is -1.90. The Morgan fingerprint density at radius 2 is 1.75 bits per heavy atom. The molecule has 1 N–H and O–H groups in total. The van der Waals surface area contributed by atoms with E-state index < -0.39 is 6.43 Å². The van der Waals surface area contributed by atoms with E-state index in [0.717, 1.165) is 11.3 Å². The first-order valence-corrected chi connectivity index (χ1v) is 6.77. The van der Waals surface area contributed by atoms with Crippen molar-refractivity contribution in [3.8, 4) is 0 Å². The number of halogens is 2. The molecule has 20 heavy (non-hydrogen) atoms. The molecule has 2 aromatic carbocycles. The van der Waals surface area contributed by atoms with Gasteiger partial charge in [-0.3, -0.25) is 0 Å². The maximum Gasteiger partial charge on any atom is 0.263 e. The summed E-state index contributed by atoms with van der Waals surface area (Å²) in [6.45, 7) is 4.82. The molecular formula is C17H19F2N. The second-order valence-corrected chi connectivity index (χ2v) is 5.14. The van der Waals surface area contributed by atoms with Crippen LogP contribution in [-0.2, 0) is 6.54 Å². The molecule has 0 amide bonds. The van der Waals surface area contributed by atoms with E-state index >= 15 is 0 Å². The predicted molar refractivity (Wildman–Crippen MR) is 79.3 cm³/mol. The quantitative estimate of drug-likeness (QED) is 0.774. The number of rotatable bonds is 5. The second kappa shape index (κ2) is 6.51. The average Bonchev–Trinajstić information content (AvgIpc) is 2.45. The van der Waals surface area contributed by atoms with E-state index in [1.54, 1.807) is 12.1 Å². The van der Waals surface area contributed by atoms with Crippen molar-refractivity contribution in [3.05, 3.63) is 65.2 Å². The van der Waals surface area contributed by atoms with Gasteiger partial charge < -0.3 is 5.32 Å². The van der Waals surface area contributed by atoms with Gasteiger partial charge in [-0.15, -0.1) is 0 Å². The van der Waals surface area contributed by atoms with Crippen molar-refractivity contribution in [2.24, 2.45) is 0 Å². The van der Waals surface area contributed by atoms with Crippen LogP contribution in [0.3, 0.4) is 0 Å². The van der Waals surface area contributed by atoms with Crippen molar-refractivity contribution in [1.29, 1.82) is 0 Å². The molecule has 0 radical (unpaired) electrons. The lowest BCUT2D eigenvalue weighted by atomic mass is 10.0. The highest BCUT2D eigenvalue weighted by atomic mass is 19.3. The summed E-state index contributed by atoms with van der Waals surface area (Å²) in [5, 5.41) is 3.33. The highest BCUT2D eigenvalue weighted by Crippen LogP contribution is 2.25. The first kappa shape index (κ1) is 14.5. The van der Waals surface area contributed by atoms with Crippen LogP contribution in [0.15, 0.2) is 48.5 Å². The van der Waals surface area contributed by atoms with Crippen LogP contribution in [0.2, 0.25) is 0 Å². The Bertz CT molecular complexity index is 564. The lowest BCUT2D eigenvalue weighted by Gasteiger charge is -2.15. The molecule has 0 saturated carbocycles. The van der Waals surface area contributed by atoms with Gasteiger partial charge in [-0.05, 0) is 29.2 Å². The molecule has 2 aromatic rings. The standard InChI is InChI=1S/C17H19F2N/c1-12(2)15-8-3-4-9-16(15)20-11-13-6-5-7-14(10-13)17(18)19/h3-10,12,17,20H,11H2,1-2H3. The maximum absolute atomic E-state index is 12.7. The number of alkyl halides is 2. The monoisotopic (exact) mass is 275 g/mol. The Kier molecular flexibility index (Phi) is 4.72. The summed E-state index contributed by atoms with van der Waals surface area (Å²) in [7, 11) is 0. The molecule has 0 saturated heterocycles. The lowest BCUT2D eigenvalue weighted by Crippen LogP contribution is -2.03. The van der Waals surface area contributed by atoms with Crippen molar-refractivity contribution >= 4 is 5.69 Å². The van der Waals surface area contributed by atoms with Crippen molar-refractivity contribution < 1.29 is 8.78 Å². The van der Waals surface area contributed by atoms with E-state index in [1.807, 2.05) is 24.3 Å². The van der Waals surface area contributed by atoms with Gasteiger partial charge in [-0.25, -0.2) is 8.78 Å². The molecule has 0 spiro atoms.